The van der Waals surface area contributed by atoms with Gasteiger partial charge in [0.15, 0.2) is 0 Å². The first-order valence-corrected chi connectivity index (χ1v) is 9.24. The number of benzene rings is 1. The topological polar surface area (TPSA) is 70.6 Å². The Morgan fingerprint density at radius 2 is 2.23 bits per heavy atom. The van der Waals surface area contributed by atoms with E-state index in [0.717, 1.165) is 41.5 Å². The van der Waals surface area contributed by atoms with E-state index in [1.807, 2.05) is 38.1 Å². The van der Waals surface area contributed by atoms with Crippen LogP contribution in [0.25, 0.3) is 0 Å². The summed E-state index contributed by atoms with van der Waals surface area (Å²) in [4.78, 5) is 10.2. The number of ether oxygens (including phenoxy) is 2. The number of aromatic nitrogens is 2. The molecule has 1 fully saturated rings. The first kappa shape index (κ1) is 18.9. The standard InChI is InChI=1S/C20H29N3O3/c1-4-19-21-16(3)18(22-19)11-23-8-9-25-13-20(24,12-23)14-26-17-7-5-6-15(2)10-17/h5-7,10,24H,4,8-9,11-14H2,1-3H3,(H,21,22). The van der Waals surface area contributed by atoms with Gasteiger partial charge in [0.05, 0.1) is 18.9 Å². The molecule has 3 rings (SSSR count). The number of β-amino-alcohol motifs (C(OH)–C–C–N with tert-alkyl or cyclic N) is 1. The van der Waals surface area contributed by atoms with E-state index in [9.17, 15) is 5.11 Å². The molecule has 1 saturated heterocycles. The smallest absolute Gasteiger partial charge is 0.134 e. The van der Waals surface area contributed by atoms with Crippen LogP contribution in [0.5, 0.6) is 5.75 Å². The molecule has 6 heteroatoms. The van der Waals surface area contributed by atoms with Gasteiger partial charge < -0.3 is 19.6 Å². The molecule has 2 aromatic rings. The Labute approximate surface area is 155 Å². The average Bonchev–Trinajstić information content (AvgIpc) is 2.85. The molecule has 1 aliphatic rings. The van der Waals surface area contributed by atoms with Crippen LogP contribution in [-0.2, 0) is 17.7 Å². The van der Waals surface area contributed by atoms with E-state index in [1.165, 1.54) is 0 Å². The lowest BCUT2D eigenvalue weighted by Gasteiger charge is -2.30. The fraction of sp³-hybridized carbons (Fsp3) is 0.550. The van der Waals surface area contributed by atoms with Gasteiger partial charge in [-0.1, -0.05) is 19.1 Å². The number of aryl methyl sites for hydroxylation is 3. The molecule has 1 aromatic carbocycles. The average molecular weight is 359 g/mol. The molecule has 0 amide bonds. The molecule has 1 aromatic heterocycles. The highest BCUT2D eigenvalue weighted by atomic mass is 16.5. The molecule has 26 heavy (non-hydrogen) atoms. The van der Waals surface area contributed by atoms with Crippen LogP contribution < -0.4 is 4.74 Å². The highest BCUT2D eigenvalue weighted by Crippen LogP contribution is 2.19. The van der Waals surface area contributed by atoms with E-state index < -0.39 is 5.60 Å². The molecule has 6 nitrogen and oxygen atoms in total. The van der Waals surface area contributed by atoms with E-state index in [2.05, 4.69) is 21.8 Å². The Morgan fingerprint density at radius 1 is 1.38 bits per heavy atom. The summed E-state index contributed by atoms with van der Waals surface area (Å²) in [5.74, 6) is 1.77. The van der Waals surface area contributed by atoms with Crippen LogP contribution in [0.3, 0.4) is 0 Å². The van der Waals surface area contributed by atoms with Gasteiger partial charge in [-0.05, 0) is 31.5 Å². The predicted molar refractivity (Wildman–Crippen MR) is 100 cm³/mol. The van der Waals surface area contributed by atoms with E-state index in [1.54, 1.807) is 0 Å². The minimum absolute atomic E-state index is 0.201. The summed E-state index contributed by atoms with van der Waals surface area (Å²) in [6.45, 7) is 9.17. The molecule has 2 heterocycles. The summed E-state index contributed by atoms with van der Waals surface area (Å²) >= 11 is 0. The lowest BCUT2D eigenvalue weighted by Crippen LogP contribution is -2.48. The maximum Gasteiger partial charge on any atom is 0.134 e. The van der Waals surface area contributed by atoms with E-state index in [4.69, 9.17) is 9.47 Å². The lowest BCUT2D eigenvalue weighted by molar-refractivity contribution is -0.0647. The van der Waals surface area contributed by atoms with Crippen molar-refractivity contribution in [3.05, 3.63) is 47.0 Å². The molecule has 0 aliphatic carbocycles. The van der Waals surface area contributed by atoms with Crippen molar-refractivity contribution in [1.82, 2.24) is 14.9 Å². The second-order valence-corrected chi connectivity index (χ2v) is 7.20. The van der Waals surface area contributed by atoms with Crippen LogP contribution in [0.15, 0.2) is 24.3 Å². The van der Waals surface area contributed by atoms with Gasteiger partial charge in [0.25, 0.3) is 0 Å². The first-order chi connectivity index (χ1) is 12.5. The van der Waals surface area contributed by atoms with Gasteiger partial charge in [-0.2, -0.15) is 0 Å². The van der Waals surface area contributed by atoms with Gasteiger partial charge >= 0.3 is 0 Å². The number of imidazole rings is 1. The van der Waals surface area contributed by atoms with Gasteiger partial charge in [0.1, 0.15) is 23.8 Å². The quantitative estimate of drug-likeness (QED) is 0.828. The Morgan fingerprint density at radius 3 is 2.96 bits per heavy atom. The summed E-state index contributed by atoms with van der Waals surface area (Å²) in [5.41, 5.74) is 2.21. The second-order valence-electron chi connectivity index (χ2n) is 7.20. The van der Waals surface area contributed by atoms with E-state index in [-0.39, 0.29) is 13.2 Å². The summed E-state index contributed by atoms with van der Waals surface area (Å²) in [7, 11) is 0. The predicted octanol–water partition coefficient (Wildman–Crippen LogP) is 2.23. The van der Waals surface area contributed by atoms with Crippen LogP contribution in [0.4, 0.5) is 0 Å². The van der Waals surface area contributed by atoms with Crippen LogP contribution in [0.2, 0.25) is 0 Å². The maximum atomic E-state index is 11.0. The zero-order chi connectivity index (χ0) is 18.6. The molecular weight excluding hydrogens is 330 g/mol. The van der Waals surface area contributed by atoms with Crippen LogP contribution in [0.1, 0.15) is 29.7 Å². The summed E-state index contributed by atoms with van der Waals surface area (Å²) < 4.78 is 11.5. The van der Waals surface area contributed by atoms with Crippen molar-refractivity contribution in [3.63, 3.8) is 0 Å². The molecule has 1 unspecified atom stereocenters. The van der Waals surface area contributed by atoms with Gasteiger partial charge in [-0.3, -0.25) is 4.90 Å². The third kappa shape index (κ3) is 4.84. The molecule has 1 atom stereocenters. The normalized spacial score (nSPS) is 21.5. The molecule has 0 radical (unpaired) electrons. The van der Waals surface area contributed by atoms with E-state index in [0.29, 0.717) is 19.7 Å². The number of hydrogen-bond acceptors (Lipinski definition) is 5. The zero-order valence-electron chi connectivity index (χ0n) is 15.9. The largest absolute Gasteiger partial charge is 0.490 e. The monoisotopic (exact) mass is 359 g/mol. The summed E-state index contributed by atoms with van der Waals surface area (Å²) in [6, 6.07) is 7.86. The third-order valence-corrected chi connectivity index (χ3v) is 4.68. The summed E-state index contributed by atoms with van der Waals surface area (Å²) in [5, 5.41) is 11.0. The van der Waals surface area contributed by atoms with Crippen LogP contribution >= 0.6 is 0 Å². The van der Waals surface area contributed by atoms with Crippen molar-refractivity contribution in [2.75, 3.05) is 32.9 Å². The molecule has 142 valence electrons. The number of nitrogens with zero attached hydrogens (tertiary/aromatic N) is 2. The minimum Gasteiger partial charge on any atom is -0.490 e. The SMILES string of the molecule is CCc1nc(CN2CCOCC(O)(COc3cccc(C)c3)C2)c(C)[nH]1. The Bertz CT molecular complexity index is 731. The molecular formula is C20H29N3O3. The molecule has 0 saturated carbocycles. The van der Waals surface area contributed by atoms with Crippen molar-refractivity contribution in [2.24, 2.45) is 0 Å². The Balaban J connectivity index is 1.64. The molecule has 0 bridgehead atoms. The minimum atomic E-state index is -1.04. The lowest BCUT2D eigenvalue weighted by atomic mass is 10.1. The van der Waals surface area contributed by atoms with Crippen molar-refractivity contribution >= 4 is 0 Å². The molecule has 0 spiro atoms. The third-order valence-electron chi connectivity index (χ3n) is 4.68. The molecule has 1 aliphatic heterocycles. The maximum absolute atomic E-state index is 11.0. The first-order valence-electron chi connectivity index (χ1n) is 9.24. The number of rotatable bonds is 6. The van der Waals surface area contributed by atoms with Crippen molar-refractivity contribution in [1.29, 1.82) is 0 Å². The van der Waals surface area contributed by atoms with E-state index >= 15 is 0 Å². The summed E-state index contributed by atoms with van der Waals surface area (Å²) in [6.07, 6.45) is 0.887. The van der Waals surface area contributed by atoms with Gasteiger partial charge in [-0.15, -0.1) is 0 Å². The number of nitrogens with one attached hydrogen (secondary N) is 1. The number of hydrogen-bond donors (Lipinski definition) is 2. The van der Waals surface area contributed by atoms with Crippen LogP contribution in [0, 0.1) is 13.8 Å². The number of aliphatic hydroxyl groups is 1. The Kier molecular flexibility index (Phi) is 5.96. The van der Waals surface area contributed by atoms with Crippen LogP contribution in [-0.4, -0.2) is 58.5 Å². The van der Waals surface area contributed by atoms with Crippen molar-refractivity contribution in [2.45, 2.75) is 39.3 Å². The fourth-order valence-corrected chi connectivity index (χ4v) is 3.24. The Hall–Kier alpha value is -1.89. The second kappa shape index (κ2) is 8.20. The number of aromatic amines is 1. The van der Waals surface area contributed by atoms with Crippen molar-refractivity contribution in [3.8, 4) is 5.75 Å². The zero-order valence-corrected chi connectivity index (χ0v) is 15.9. The highest BCUT2D eigenvalue weighted by molar-refractivity contribution is 5.27. The molecule has 2 N–H and O–H groups in total. The highest BCUT2D eigenvalue weighted by Gasteiger charge is 2.34. The van der Waals surface area contributed by atoms with Gasteiger partial charge in [-0.25, -0.2) is 4.98 Å². The fourth-order valence-electron chi connectivity index (χ4n) is 3.24. The number of H-pyrrole nitrogens is 1. The van der Waals surface area contributed by atoms with Crippen molar-refractivity contribution < 1.29 is 14.6 Å². The van der Waals surface area contributed by atoms with Gasteiger partial charge in [0.2, 0.25) is 0 Å². The van der Waals surface area contributed by atoms with Gasteiger partial charge in [0, 0.05) is 31.7 Å².